The monoisotopic (exact) mass is 694 g/mol. The van der Waals surface area contributed by atoms with Crippen LogP contribution in [0.3, 0.4) is 0 Å². The van der Waals surface area contributed by atoms with Gasteiger partial charge in [-0.25, -0.2) is 23.1 Å². The van der Waals surface area contributed by atoms with Gasteiger partial charge in [0, 0.05) is 24.2 Å². The maximum atomic E-state index is 13.5. The highest BCUT2D eigenvalue weighted by Crippen LogP contribution is 2.29. The molecule has 1 saturated carbocycles. The highest BCUT2D eigenvalue weighted by atomic mass is 35.6. The van der Waals surface area contributed by atoms with E-state index in [0.717, 1.165) is 31.2 Å². The summed E-state index contributed by atoms with van der Waals surface area (Å²) in [5.74, 6) is 0.520. The number of nitrogens with zero attached hydrogens (tertiary/aromatic N) is 2. The third-order valence-electron chi connectivity index (χ3n) is 7.19. The fourth-order valence-electron chi connectivity index (χ4n) is 5.09. The van der Waals surface area contributed by atoms with Crippen LogP contribution in [0, 0.1) is 5.92 Å². The molecule has 0 unspecified atom stereocenters. The van der Waals surface area contributed by atoms with Gasteiger partial charge in [0.15, 0.2) is 0 Å². The molecule has 4 N–H and O–H groups in total. The summed E-state index contributed by atoms with van der Waals surface area (Å²) < 4.78 is 32.9. The Morgan fingerprint density at radius 1 is 0.956 bits per heavy atom. The Hall–Kier alpha value is -3.35. The van der Waals surface area contributed by atoms with Crippen molar-refractivity contribution in [1.82, 2.24) is 4.90 Å². The molecule has 3 aromatic carbocycles. The summed E-state index contributed by atoms with van der Waals surface area (Å²) in [4.78, 5) is 30.9. The molecule has 1 fully saturated rings. The first kappa shape index (κ1) is 34.5. The zero-order valence-corrected chi connectivity index (χ0v) is 27.3. The molecule has 0 bridgehead atoms. The van der Waals surface area contributed by atoms with Gasteiger partial charge in [0.2, 0.25) is 13.8 Å². The second-order valence-corrected chi connectivity index (χ2v) is 14.7. The van der Waals surface area contributed by atoms with E-state index in [2.05, 4.69) is 4.99 Å². The lowest BCUT2D eigenvalue weighted by atomic mass is 9.89. The molecule has 3 aromatic rings. The van der Waals surface area contributed by atoms with Crippen LogP contribution in [-0.2, 0) is 21.3 Å². The summed E-state index contributed by atoms with van der Waals surface area (Å²) in [6.07, 6.45) is 3.85. The number of benzene rings is 3. The SMILES string of the molecule is NC(=NC(=O)OCC(Cl)(Cl)Cl)c1cccc(CN(CC2CCCCC2)C(=O)Oc2ccc(-c3ccccc3S(N)(=O)=O)cc2)c1. The number of sulfonamides is 1. The third kappa shape index (κ3) is 10.6. The summed E-state index contributed by atoms with van der Waals surface area (Å²) in [5.41, 5.74) is 8.27. The molecule has 240 valence electrons. The fourth-order valence-corrected chi connectivity index (χ4v) is 6.02. The Balaban J connectivity index is 1.50. The van der Waals surface area contributed by atoms with Gasteiger partial charge in [0.05, 0.1) is 4.90 Å². The number of amidine groups is 1. The molecule has 4 rings (SSSR count). The van der Waals surface area contributed by atoms with Gasteiger partial charge in [-0.1, -0.05) is 103 Å². The standard InChI is InChI=1S/C31H33Cl3N4O6S/c32-31(33,34)20-43-29(39)37-28(35)24-10-6-9-22(17-24)19-38(18-21-7-2-1-3-8-21)30(40)44-25-15-13-23(14-16-25)26-11-4-5-12-27(26)45(36,41)42/h4-6,9-17,21H,1-3,7-8,18-20H2,(H2,35,37,39)(H2,36,41,42). The maximum Gasteiger partial charge on any atom is 0.435 e. The van der Waals surface area contributed by atoms with Crippen molar-refractivity contribution in [2.75, 3.05) is 13.2 Å². The molecule has 0 aliphatic heterocycles. The molecule has 0 spiro atoms. The molecule has 45 heavy (non-hydrogen) atoms. The van der Waals surface area contributed by atoms with E-state index in [0.29, 0.717) is 34.9 Å². The molecule has 0 heterocycles. The Kier molecular flexibility index (Phi) is 11.7. The second-order valence-electron chi connectivity index (χ2n) is 10.7. The van der Waals surface area contributed by atoms with Crippen LogP contribution in [0.4, 0.5) is 9.59 Å². The lowest BCUT2D eigenvalue weighted by molar-refractivity contribution is 0.134. The van der Waals surface area contributed by atoms with Crippen LogP contribution in [-0.4, -0.2) is 48.3 Å². The number of hydrogen-bond acceptors (Lipinski definition) is 6. The average Bonchev–Trinajstić information content (AvgIpc) is 3.00. The largest absolute Gasteiger partial charge is 0.443 e. The zero-order chi connectivity index (χ0) is 32.6. The van der Waals surface area contributed by atoms with E-state index in [9.17, 15) is 18.0 Å². The van der Waals surface area contributed by atoms with Gasteiger partial charge in [-0.15, -0.1) is 0 Å². The van der Waals surface area contributed by atoms with Gasteiger partial charge in [-0.05, 0) is 54.2 Å². The van der Waals surface area contributed by atoms with Gasteiger partial charge >= 0.3 is 12.2 Å². The highest BCUT2D eigenvalue weighted by Gasteiger charge is 2.24. The Morgan fingerprint density at radius 3 is 2.31 bits per heavy atom. The summed E-state index contributed by atoms with van der Waals surface area (Å²) in [6, 6.07) is 19.9. The number of carbonyl (C=O) groups excluding carboxylic acids is 2. The van der Waals surface area contributed by atoms with Crippen LogP contribution >= 0.6 is 34.8 Å². The van der Waals surface area contributed by atoms with Crippen LogP contribution in [0.5, 0.6) is 5.75 Å². The van der Waals surface area contributed by atoms with Crippen LogP contribution < -0.4 is 15.6 Å². The number of amides is 2. The molecule has 0 saturated heterocycles. The second kappa shape index (κ2) is 15.3. The van der Waals surface area contributed by atoms with Gasteiger partial charge in [0.25, 0.3) is 0 Å². The van der Waals surface area contributed by atoms with E-state index >= 15 is 0 Å². The normalized spacial score (nSPS) is 14.5. The van der Waals surface area contributed by atoms with E-state index < -0.39 is 32.6 Å². The van der Waals surface area contributed by atoms with Crippen molar-refractivity contribution in [2.24, 2.45) is 21.8 Å². The smallest absolute Gasteiger partial charge is 0.435 e. The predicted molar refractivity (Wildman–Crippen MR) is 175 cm³/mol. The fraction of sp³-hybridized carbons (Fsp3) is 0.323. The molecular weight excluding hydrogens is 663 g/mol. The molecule has 0 radical (unpaired) electrons. The minimum Gasteiger partial charge on any atom is -0.443 e. The average molecular weight is 696 g/mol. The minimum atomic E-state index is -3.93. The van der Waals surface area contributed by atoms with E-state index in [4.69, 9.17) is 55.1 Å². The number of carbonyl (C=O) groups is 2. The number of rotatable bonds is 9. The van der Waals surface area contributed by atoms with E-state index in [1.807, 2.05) is 6.07 Å². The number of alkyl halides is 3. The first-order chi connectivity index (χ1) is 21.3. The zero-order valence-electron chi connectivity index (χ0n) is 24.2. The van der Waals surface area contributed by atoms with Crippen molar-refractivity contribution in [3.05, 3.63) is 83.9 Å². The molecule has 1 aliphatic carbocycles. The molecular formula is C31H33Cl3N4O6S. The van der Waals surface area contributed by atoms with Crippen LogP contribution in [0.1, 0.15) is 43.2 Å². The van der Waals surface area contributed by atoms with E-state index in [1.54, 1.807) is 65.6 Å². The summed E-state index contributed by atoms with van der Waals surface area (Å²) in [7, 11) is -3.93. The molecule has 10 nitrogen and oxygen atoms in total. The number of primary sulfonamides is 1. The van der Waals surface area contributed by atoms with Crippen molar-refractivity contribution >= 4 is 62.8 Å². The number of halogens is 3. The topological polar surface area (TPSA) is 154 Å². The Bertz CT molecular complexity index is 1640. The number of nitrogens with two attached hydrogens (primary N) is 2. The molecule has 0 aromatic heterocycles. The van der Waals surface area contributed by atoms with Gasteiger partial charge in [-0.3, -0.25) is 0 Å². The van der Waals surface area contributed by atoms with Crippen molar-refractivity contribution < 1.29 is 27.5 Å². The maximum absolute atomic E-state index is 13.5. The van der Waals surface area contributed by atoms with Crippen molar-refractivity contribution in [2.45, 2.75) is 47.3 Å². The predicted octanol–water partition coefficient (Wildman–Crippen LogP) is 6.79. The number of ether oxygens (including phenoxy) is 2. The van der Waals surface area contributed by atoms with Gasteiger partial charge in [0.1, 0.15) is 18.2 Å². The van der Waals surface area contributed by atoms with Crippen molar-refractivity contribution in [1.29, 1.82) is 0 Å². The first-order valence-electron chi connectivity index (χ1n) is 14.1. The highest BCUT2D eigenvalue weighted by molar-refractivity contribution is 7.89. The van der Waals surface area contributed by atoms with Crippen molar-refractivity contribution in [3.63, 3.8) is 0 Å². The lowest BCUT2D eigenvalue weighted by Crippen LogP contribution is -2.37. The van der Waals surface area contributed by atoms with Gasteiger partial charge in [-0.2, -0.15) is 4.99 Å². The number of hydrogen-bond donors (Lipinski definition) is 2. The van der Waals surface area contributed by atoms with Crippen LogP contribution in [0.25, 0.3) is 11.1 Å². The van der Waals surface area contributed by atoms with Gasteiger partial charge < -0.3 is 20.1 Å². The molecule has 1 aliphatic rings. The molecule has 14 heteroatoms. The molecule has 2 amide bonds. The minimum absolute atomic E-state index is 0.000938. The number of aliphatic imine (C=N–C) groups is 1. The Morgan fingerprint density at radius 2 is 1.64 bits per heavy atom. The lowest BCUT2D eigenvalue weighted by Gasteiger charge is -2.29. The van der Waals surface area contributed by atoms with Crippen LogP contribution in [0.15, 0.2) is 82.7 Å². The Labute approximate surface area is 277 Å². The van der Waals surface area contributed by atoms with Crippen molar-refractivity contribution in [3.8, 4) is 16.9 Å². The summed E-state index contributed by atoms with van der Waals surface area (Å²) in [5, 5.41) is 5.39. The van der Waals surface area contributed by atoms with E-state index in [1.165, 1.54) is 12.5 Å². The van der Waals surface area contributed by atoms with E-state index in [-0.39, 0.29) is 17.3 Å². The quantitative estimate of drug-likeness (QED) is 0.142. The third-order valence-corrected chi connectivity index (χ3v) is 8.49. The summed E-state index contributed by atoms with van der Waals surface area (Å²) in [6.45, 7) is 0.223. The first-order valence-corrected chi connectivity index (χ1v) is 16.8. The summed E-state index contributed by atoms with van der Waals surface area (Å²) >= 11 is 16.8. The molecule has 0 atom stereocenters. The van der Waals surface area contributed by atoms with Crippen LogP contribution in [0.2, 0.25) is 0 Å².